The molecule has 0 aliphatic heterocycles. The Labute approximate surface area is 101 Å². The van der Waals surface area contributed by atoms with E-state index in [0.717, 1.165) is 21.1 Å². The normalized spacial score (nSPS) is 10.7. The average Bonchev–Trinajstić information content (AvgIpc) is 2.58. The van der Waals surface area contributed by atoms with Crippen molar-refractivity contribution < 1.29 is 9.53 Å². The zero-order valence-electron chi connectivity index (χ0n) is 8.95. The van der Waals surface area contributed by atoms with Gasteiger partial charge in [-0.1, -0.05) is 0 Å². The molecule has 0 saturated carbocycles. The van der Waals surface area contributed by atoms with E-state index in [1.807, 2.05) is 12.1 Å². The molecule has 0 unspecified atom stereocenters. The van der Waals surface area contributed by atoms with E-state index >= 15 is 0 Å². The number of carbonyl (C=O) groups excluding carboxylic acids is 1. The van der Waals surface area contributed by atoms with E-state index in [1.54, 1.807) is 24.8 Å². The average molecular weight is 283 g/mol. The first-order chi connectivity index (χ1) is 7.56. The summed E-state index contributed by atoms with van der Waals surface area (Å²) in [6, 6.07) is 5.46. The molecule has 0 saturated heterocycles. The largest absolute Gasteiger partial charge is 0.496 e. The summed E-state index contributed by atoms with van der Waals surface area (Å²) in [7, 11) is 3.40. The van der Waals surface area contributed by atoms with Crippen LogP contribution in [-0.2, 0) is 7.05 Å². The predicted molar refractivity (Wildman–Crippen MR) is 65.7 cm³/mol. The smallest absolute Gasteiger partial charge is 0.265 e. The Morgan fingerprint density at radius 3 is 2.75 bits per heavy atom. The van der Waals surface area contributed by atoms with Crippen LogP contribution in [0.1, 0.15) is 10.5 Å². The molecule has 1 heterocycles. The summed E-state index contributed by atoms with van der Waals surface area (Å²) < 4.78 is 7.90. The standard InChI is InChI=1S/C11H11BrN2O2/c1-14-8(11(13)15)5-6-9(16-2)4-3-7(12)10(6)14/h3-5H,1-2H3,(H2,13,15). The van der Waals surface area contributed by atoms with Crippen LogP contribution in [0, 0.1) is 0 Å². The van der Waals surface area contributed by atoms with Crippen LogP contribution in [0.4, 0.5) is 0 Å². The highest BCUT2D eigenvalue weighted by Gasteiger charge is 2.15. The number of nitrogens with zero attached hydrogens (tertiary/aromatic N) is 1. The summed E-state index contributed by atoms with van der Waals surface area (Å²) in [6.45, 7) is 0. The van der Waals surface area contributed by atoms with Crippen molar-refractivity contribution in [2.45, 2.75) is 0 Å². The number of amides is 1. The monoisotopic (exact) mass is 282 g/mol. The number of methoxy groups -OCH3 is 1. The lowest BCUT2D eigenvalue weighted by Crippen LogP contribution is -2.14. The van der Waals surface area contributed by atoms with Crippen LogP contribution in [0.3, 0.4) is 0 Å². The molecule has 0 atom stereocenters. The first-order valence-electron chi connectivity index (χ1n) is 4.68. The molecule has 16 heavy (non-hydrogen) atoms. The molecule has 2 rings (SSSR count). The van der Waals surface area contributed by atoms with Crippen LogP contribution in [0.5, 0.6) is 5.75 Å². The van der Waals surface area contributed by atoms with Crippen molar-refractivity contribution in [1.82, 2.24) is 4.57 Å². The van der Waals surface area contributed by atoms with E-state index in [0.29, 0.717) is 5.69 Å². The zero-order chi connectivity index (χ0) is 11.9. The van der Waals surface area contributed by atoms with E-state index in [4.69, 9.17) is 10.5 Å². The van der Waals surface area contributed by atoms with E-state index in [1.165, 1.54) is 0 Å². The molecule has 84 valence electrons. The van der Waals surface area contributed by atoms with Crippen molar-refractivity contribution in [1.29, 1.82) is 0 Å². The van der Waals surface area contributed by atoms with Gasteiger partial charge in [0.2, 0.25) is 0 Å². The number of ether oxygens (including phenoxy) is 1. The number of hydrogen-bond donors (Lipinski definition) is 1. The third kappa shape index (κ3) is 1.48. The van der Waals surface area contributed by atoms with Crippen LogP contribution in [-0.4, -0.2) is 17.6 Å². The molecule has 0 aliphatic rings. The molecule has 2 aromatic rings. The van der Waals surface area contributed by atoms with E-state index < -0.39 is 5.91 Å². The third-order valence-corrected chi connectivity index (χ3v) is 3.22. The van der Waals surface area contributed by atoms with E-state index in [-0.39, 0.29) is 0 Å². The quantitative estimate of drug-likeness (QED) is 0.917. The SMILES string of the molecule is COc1ccc(Br)c2c1cc(C(N)=O)n2C. The first-order valence-corrected chi connectivity index (χ1v) is 5.47. The summed E-state index contributed by atoms with van der Waals surface area (Å²) in [5, 5.41) is 0.869. The van der Waals surface area contributed by atoms with Gasteiger partial charge in [0.1, 0.15) is 11.4 Å². The summed E-state index contributed by atoms with van der Waals surface area (Å²) in [4.78, 5) is 11.2. The van der Waals surface area contributed by atoms with Crippen LogP contribution in [0.15, 0.2) is 22.7 Å². The number of benzene rings is 1. The highest BCUT2D eigenvalue weighted by molar-refractivity contribution is 9.10. The maximum Gasteiger partial charge on any atom is 0.265 e. The Hall–Kier alpha value is -1.49. The lowest BCUT2D eigenvalue weighted by molar-refractivity contribution is 0.0993. The van der Waals surface area contributed by atoms with Gasteiger partial charge in [-0.3, -0.25) is 4.79 Å². The second-order valence-corrected chi connectivity index (χ2v) is 4.32. The van der Waals surface area contributed by atoms with Gasteiger partial charge in [0.25, 0.3) is 5.91 Å². The summed E-state index contributed by atoms with van der Waals surface area (Å²) >= 11 is 3.44. The topological polar surface area (TPSA) is 57.2 Å². The molecule has 5 heteroatoms. The number of hydrogen-bond acceptors (Lipinski definition) is 2. The zero-order valence-corrected chi connectivity index (χ0v) is 10.5. The first kappa shape index (κ1) is 11.0. The van der Waals surface area contributed by atoms with E-state index in [2.05, 4.69) is 15.9 Å². The van der Waals surface area contributed by atoms with Gasteiger partial charge in [0.15, 0.2) is 0 Å². The second kappa shape index (κ2) is 3.83. The van der Waals surface area contributed by atoms with Gasteiger partial charge in [-0.05, 0) is 34.1 Å². The highest BCUT2D eigenvalue weighted by Crippen LogP contribution is 2.33. The summed E-state index contributed by atoms with van der Waals surface area (Å²) in [5.41, 5.74) is 6.66. The fourth-order valence-electron chi connectivity index (χ4n) is 1.81. The molecule has 0 aliphatic carbocycles. The Bertz CT molecular complexity index is 575. The fourth-order valence-corrected chi connectivity index (χ4v) is 2.42. The molecule has 0 radical (unpaired) electrons. The lowest BCUT2D eigenvalue weighted by Gasteiger charge is -2.05. The van der Waals surface area contributed by atoms with Crippen molar-refractivity contribution in [3.8, 4) is 5.75 Å². The number of halogens is 1. The minimum Gasteiger partial charge on any atom is -0.496 e. The highest BCUT2D eigenvalue weighted by atomic mass is 79.9. The number of primary amides is 1. The number of aryl methyl sites for hydroxylation is 1. The van der Waals surface area contributed by atoms with Crippen molar-refractivity contribution >= 4 is 32.7 Å². The Kier molecular flexibility index (Phi) is 2.63. The van der Waals surface area contributed by atoms with Gasteiger partial charge in [-0.15, -0.1) is 0 Å². The maximum atomic E-state index is 11.2. The van der Waals surface area contributed by atoms with Crippen LogP contribution < -0.4 is 10.5 Å². The molecule has 0 fully saturated rings. The minimum atomic E-state index is -0.451. The molecular weight excluding hydrogens is 272 g/mol. The molecule has 2 N–H and O–H groups in total. The molecule has 0 bridgehead atoms. The van der Waals surface area contributed by atoms with Gasteiger partial charge in [0, 0.05) is 16.9 Å². The van der Waals surface area contributed by atoms with Gasteiger partial charge >= 0.3 is 0 Å². The minimum absolute atomic E-state index is 0.451. The predicted octanol–water partition coefficient (Wildman–Crippen LogP) is 2.05. The van der Waals surface area contributed by atoms with Crippen molar-refractivity contribution in [2.24, 2.45) is 12.8 Å². The third-order valence-electron chi connectivity index (χ3n) is 2.58. The van der Waals surface area contributed by atoms with Gasteiger partial charge < -0.3 is 15.0 Å². The molecule has 0 spiro atoms. The van der Waals surface area contributed by atoms with Gasteiger partial charge in [-0.25, -0.2) is 0 Å². The van der Waals surface area contributed by atoms with Crippen LogP contribution >= 0.6 is 15.9 Å². The fraction of sp³-hybridized carbons (Fsp3) is 0.182. The van der Waals surface area contributed by atoms with Crippen molar-refractivity contribution in [3.63, 3.8) is 0 Å². The number of carbonyl (C=O) groups is 1. The molecule has 1 aromatic heterocycles. The van der Waals surface area contributed by atoms with E-state index in [9.17, 15) is 4.79 Å². The maximum absolute atomic E-state index is 11.2. The molecular formula is C11H11BrN2O2. The molecule has 1 aromatic carbocycles. The Morgan fingerprint density at radius 2 is 2.19 bits per heavy atom. The molecule has 1 amide bonds. The number of rotatable bonds is 2. The van der Waals surface area contributed by atoms with Crippen LogP contribution in [0.2, 0.25) is 0 Å². The Morgan fingerprint density at radius 1 is 1.50 bits per heavy atom. The van der Waals surface area contributed by atoms with Gasteiger partial charge in [0.05, 0.1) is 12.6 Å². The molecule has 4 nitrogen and oxygen atoms in total. The number of nitrogens with two attached hydrogens (primary N) is 1. The summed E-state index contributed by atoms with van der Waals surface area (Å²) in [6.07, 6.45) is 0. The van der Waals surface area contributed by atoms with Crippen molar-refractivity contribution in [3.05, 3.63) is 28.4 Å². The number of fused-ring (bicyclic) bond motifs is 1. The van der Waals surface area contributed by atoms with Crippen molar-refractivity contribution in [2.75, 3.05) is 7.11 Å². The van der Waals surface area contributed by atoms with Crippen LogP contribution in [0.25, 0.3) is 10.9 Å². The van der Waals surface area contributed by atoms with Gasteiger partial charge in [-0.2, -0.15) is 0 Å². The Balaban J connectivity index is 2.89. The lowest BCUT2D eigenvalue weighted by atomic mass is 10.2. The summed E-state index contributed by atoms with van der Waals surface area (Å²) in [5.74, 6) is 0.272. The second-order valence-electron chi connectivity index (χ2n) is 3.46. The number of aromatic nitrogens is 1.